The Morgan fingerprint density at radius 2 is 2.11 bits per heavy atom. The van der Waals surface area contributed by atoms with Gasteiger partial charge in [-0.25, -0.2) is 4.98 Å². The predicted octanol–water partition coefficient (Wildman–Crippen LogP) is 1.66. The van der Waals surface area contributed by atoms with Gasteiger partial charge in [0.15, 0.2) is 0 Å². The van der Waals surface area contributed by atoms with Crippen molar-refractivity contribution in [2.45, 2.75) is 13.0 Å². The number of ether oxygens (including phenoxy) is 1. The molecule has 1 aromatic heterocycles. The van der Waals surface area contributed by atoms with E-state index < -0.39 is 18.0 Å². The molecule has 2 unspecified atom stereocenters. The zero-order valence-electron chi connectivity index (χ0n) is 10.8. The first-order valence-electron chi connectivity index (χ1n) is 5.95. The van der Waals surface area contributed by atoms with E-state index in [4.69, 9.17) is 5.73 Å². The second kappa shape index (κ2) is 5.24. The van der Waals surface area contributed by atoms with Gasteiger partial charge in [0.2, 0.25) is 0 Å². The number of para-hydroxylation sites is 1. The minimum atomic E-state index is -1.04. The van der Waals surface area contributed by atoms with Crippen LogP contribution in [0.5, 0.6) is 0 Å². The molecule has 0 radical (unpaired) electrons. The van der Waals surface area contributed by atoms with E-state index >= 15 is 0 Å². The molecule has 2 rings (SSSR count). The smallest absolute Gasteiger partial charge is 0.311 e. The highest BCUT2D eigenvalue weighted by atomic mass is 16.5. The largest absolute Gasteiger partial charge is 0.469 e. The van der Waals surface area contributed by atoms with E-state index in [1.807, 2.05) is 24.3 Å². The molecule has 2 aromatic rings. The summed E-state index contributed by atoms with van der Waals surface area (Å²) in [5.41, 5.74) is 7.52. The van der Waals surface area contributed by atoms with Gasteiger partial charge in [0.1, 0.15) is 6.10 Å². The van der Waals surface area contributed by atoms with Crippen LogP contribution in [0.1, 0.15) is 18.7 Å². The number of aliphatic hydroxyl groups is 1. The van der Waals surface area contributed by atoms with Crippen molar-refractivity contribution in [2.75, 3.05) is 12.8 Å². The van der Waals surface area contributed by atoms with Crippen molar-refractivity contribution >= 4 is 22.6 Å². The van der Waals surface area contributed by atoms with Crippen molar-refractivity contribution in [3.8, 4) is 0 Å². The molecule has 0 saturated heterocycles. The SMILES string of the molecule is COC(=O)C(C)C(O)c1cc(N)c2ccccc2n1. The first kappa shape index (κ1) is 13.3. The van der Waals surface area contributed by atoms with Gasteiger partial charge in [-0.05, 0) is 19.1 Å². The minimum Gasteiger partial charge on any atom is -0.469 e. The first-order valence-corrected chi connectivity index (χ1v) is 5.95. The van der Waals surface area contributed by atoms with E-state index in [-0.39, 0.29) is 0 Å². The number of pyridine rings is 1. The van der Waals surface area contributed by atoms with Crippen molar-refractivity contribution < 1.29 is 14.6 Å². The third-order valence-electron chi connectivity index (χ3n) is 3.12. The van der Waals surface area contributed by atoms with Gasteiger partial charge in [-0.2, -0.15) is 0 Å². The molecule has 5 heteroatoms. The topological polar surface area (TPSA) is 85.4 Å². The monoisotopic (exact) mass is 260 g/mol. The Morgan fingerprint density at radius 1 is 1.42 bits per heavy atom. The number of anilines is 1. The molecule has 0 spiro atoms. The van der Waals surface area contributed by atoms with E-state index in [1.54, 1.807) is 13.0 Å². The van der Waals surface area contributed by atoms with Gasteiger partial charge < -0.3 is 15.6 Å². The number of aliphatic hydroxyl groups excluding tert-OH is 1. The van der Waals surface area contributed by atoms with Crippen LogP contribution in [0.3, 0.4) is 0 Å². The van der Waals surface area contributed by atoms with Crippen LogP contribution in [0.4, 0.5) is 5.69 Å². The number of hydrogen-bond donors (Lipinski definition) is 2. The molecule has 0 fully saturated rings. The summed E-state index contributed by atoms with van der Waals surface area (Å²) in [4.78, 5) is 15.8. The summed E-state index contributed by atoms with van der Waals surface area (Å²) in [5, 5.41) is 11.0. The van der Waals surface area contributed by atoms with Gasteiger partial charge in [0.25, 0.3) is 0 Å². The highest BCUT2D eigenvalue weighted by Crippen LogP contribution is 2.27. The van der Waals surface area contributed by atoms with Crippen molar-refractivity contribution in [1.82, 2.24) is 4.98 Å². The summed E-state index contributed by atoms with van der Waals surface area (Å²) < 4.78 is 4.61. The normalized spacial score (nSPS) is 14.1. The Balaban J connectivity index is 2.43. The molecule has 5 nitrogen and oxygen atoms in total. The van der Waals surface area contributed by atoms with Crippen LogP contribution in [0, 0.1) is 5.92 Å². The summed E-state index contributed by atoms with van der Waals surface area (Å²) in [6.07, 6.45) is -1.04. The summed E-state index contributed by atoms with van der Waals surface area (Å²) in [7, 11) is 1.29. The Labute approximate surface area is 111 Å². The second-order valence-electron chi connectivity index (χ2n) is 4.41. The van der Waals surface area contributed by atoms with Crippen LogP contribution >= 0.6 is 0 Å². The Hall–Kier alpha value is -2.14. The molecule has 0 saturated carbocycles. The molecule has 2 atom stereocenters. The molecule has 19 heavy (non-hydrogen) atoms. The van der Waals surface area contributed by atoms with Crippen LogP contribution in [0.15, 0.2) is 30.3 Å². The standard InChI is InChI=1S/C14H16N2O3/c1-8(14(18)19-2)13(17)12-7-10(15)9-5-3-4-6-11(9)16-12/h3-8,13,17H,1-2H3,(H2,15,16). The average Bonchev–Trinajstić information content (AvgIpc) is 2.44. The molecule has 0 aliphatic rings. The number of fused-ring (bicyclic) bond motifs is 1. The van der Waals surface area contributed by atoms with E-state index in [1.165, 1.54) is 7.11 Å². The molecular formula is C14H16N2O3. The van der Waals surface area contributed by atoms with Crippen LogP contribution in [-0.2, 0) is 9.53 Å². The average molecular weight is 260 g/mol. The van der Waals surface area contributed by atoms with E-state index in [0.29, 0.717) is 16.9 Å². The molecule has 0 bridgehead atoms. The van der Waals surface area contributed by atoms with E-state index in [0.717, 1.165) is 5.39 Å². The molecule has 3 N–H and O–H groups in total. The van der Waals surface area contributed by atoms with Crippen molar-refractivity contribution in [1.29, 1.82) is 0 Å². The lowest BCUT2D eigenvalue weighted by atomic mass is 10.0. The van der Waals surface area contributed by atoms with E-state index in [2.05, 4.69) is 9.72 Å². The Kier molecular flexibility index (Phi) is 3.66. The van der Waals surface area contributed by atoms with Gasteiger partial charge in [-0.1, -0.05) is 18.2 Å². The highest BCUT2D eigenvalue weighted by Gasteiger charge is 2.25. The summed E-state index contributed by atoms with van der Waals surface area (Å²) >= 11 is 0. The molecule has 100 valence electrons. The first-order chi connectivity index (χ1) is 9.04. The maximum absolute atomic E-state index is 11.4. The molecule has 1 heterocycles. The second-order valence-corrected chi connectivity index (χ2v) is 4.41. The van der Waals surface area contributed by atoms with Gasteiger partial charge in [0.05, 0.1) is 24.2 Å². The molecule has 1 aromatic carbocycles. The lowest BCUT2D eigenvalue weighted by Crippen LogP contribution is -2.21. The highest BCUT2D eigenvalue weighted by molar-refractivity contribution is 5.90. The number of rotatable bonds is 3. The Morgan fingerprint density at radius 3 is 2.79 bits per heavy atom. The van der Waals surface area contributed by atoms with Crippen LogP contribution in [0.2, 0.25) is 0 Å². The third-order valence-corrected chi connectivity index (χ3v) is 3.12. The number of nitrogen functional groups attached to an aromatic ring is 1. The van der Waals surface area contributed by atoms with E-state index in [9.17, 15) is 9.90 Å². The zero-order valence-corrected chi connectivity index (χ0v) is 10.8. The maximum atomic E-state index is 11.4. The molecule has 0 amide bonds. The van der Waals surface area contributed by atoms with Gasteiger partial charge >= 0.3 is 5.97 Å². The van der Waals surface area contributed by atoms with Crippen molar-refractivity contribution in [3.05, 3.63) is 36.0 Å². The quantitative estimate of drug-likeness (QED) is 0.820. The predicted molar refractivity (Wildman–Crippen MR) is 72.3 cm³/mol. The van der Waals surface area contributed by atoms with Gasteiger partial charge in [-0.15, -0.1) is 0 Å². The fourth-order valence-corrected chi connectivity index (χ4v) is 1.95. The fourth-order valence-electron chi connectivity index (χ4n) is 1.95. The van der Waals surface area contributed by atoms with Gasteiger partial charge in [0, 0.05) is 11.1 Å². The van der Waals surface area contributed by atoms with Crippen LogP contribution in [-0.4, -0.2) is 23.2 Å². The van der Waals surface area contributed by atoms with Gasteiger partial charge in [-0.3, -0.25) is 4.79 Å². The molecular weight excluding hydrogens is 244 g/mol. The lowest BCUT2D eigenvalue weighted by molar-refractivity contribution is -0.148. The number of aromatic nitrogens is 1. The number of carbonyl (C=O) groups excluding carboxylic acids is 1. The van der Waals surface area contributed by atoms with Crippen LogP contribution in [0.25, 0.3) is 10.9 Å². The Bertz CT molecular complexity index is 613. The number of hydrogen-bond acceptors (Lipinski definition) is 5. The number of benzene rings is 1. The minimum absolute atomic E-state index is 0.370. The number of nitrogens with two attached hydrogens (primary N) is 1. The lowest BCUT2D eigenvalue weighted by Gasteiger charge is -2.17. The molecule has 0 aliphatic heterocycles. The maximum Gasteiger partial charge on any atom is 0.311 e. The van der Waals surface area contributed by atoms with Crippen molar-refractivity contribution in [2.24, 2.45) is 5.92 Å². The summed E-state index contributed by atoms with van der Waals surface area (Å²) in [5.74, 6) is -1.18. The van der Waals surface area contributed by atoms with Crippen molar-refractivity contribution in [3.63, 3.8) is 0 Å². The number of methoxy groups -OCH3 is 1. The third kappa shape index (κ3) is 2.51. The zero-order chi connectivity index (χ0) is 14.0. The molecule has 0 aliphatic carbocycles. The summed E-state index contributed by atoms with van der Waals surface area (Å²) in [6, 6.07) is 8.97. The number of esters is 1. The number of nitrogens with zero attached hydrogens (tertiary/aromatic N) is 1. The fraction of sp³-hybridized carbons (Fsp3) is 0.286. The number of carbonyl (C=O) groups is 1. The van der Waals surface area contributed by atoms with Crippen LogP contribution < -0.4 is 5.73 Å². The summed E-state index contributed by atoms with van der Waals surface area (Å²) in [6.45, 7) is 1.59.